The molecule has 0 spiro atoms. The van der Waals surface area contributed by atoms with Gasteiger partial charge in [-0.1, -0.05) is 44.5 Å². The summed E-state index contributed by atoms with van der Waals surface area (Å²) >= 11 is 0. The van der Waals surface area contributed by atoms with Crippen LogP contribution in [0.5, 0.6) is 0 Å². The molecule has 0 bridgehead atoms. The Labute approximate surface area is 115 Å². The van der Waals surface area contributed by atoms with Crippen molar-refractivity contribution in [3.63, 3.8) is 0 Å². The lowest BCUT2D eigenvalue weighted by Crippen LogP contribution is -2.22. The molecule has 100 valence electrons. The molecule has 0 saturated carbocycles. The van der Waals surface area contributed by atoms with Gasteiger partial charge in [-0.05, 0) is 35.7 Å². The van der Waals surface area contributed by atoms with Crippen molar-refractivity contribution < 1.29 is 0 Å². The van der Waals surface area contributed by atoms with Gasteiger partial charge in [0.15, 0.2) is 0 Å². The summed E-state index contributed by atoms with van der Waals surface area (Å²) in [7, 11) is 0. The van der Waals surface area contributed by atoms with Crippen molar-refractivity contribution >= 4 is 0 Å². The van der Waals surface area contributed by atoms with E-state index in [0.717, 1.165) is 18.5 Å². The zero-order valence-electron chi connectivity index (χ0n) is 11.6. The lowest BCUT2D eigenvalue weighted by Gasteiger charge is -2.19. The fraction of sp³-hybridized carbons (Fsp3) is 0.375. The van der Waals surface area contributed by atoms with Crippen LogP contribution in [0.1, 0.15) is 43.0 Å². The molecule has 3 nitrogen and oxygen atoms in total. The number of rotatable bonds is 6. The molecule has 1 N–H and O–H groups in total. The second-order valence-electron chi connectivity index (χ2n) is 4.66. The first kappa shape index (κ1) is 13.7. The highest BCUT2D eigenvalue weighted by Crippen LogP contribution is 2.22. The minimum Gasteiger partial charge on any atom is -0.306 e. The zero-order valence-corrected chi connectivity index (χ0v) is 11.6. The number of aryl methyl sites for hydroxylation is 1. The van der Waals surface area contributed by atoms with Gasteiger partial charge in [0, 0.05) is 6.20 Å². The van der Waals surface area contributed by atoms with Gasteiger partial charge in [-0.25, -0.2) is 0 Å². The van der Waals surface area contributed by atoms with Gasteiger partial charge in [0.05, 0.1) is 12.2 Å². The average molecular weight is 255 g/mol. The summed E-state index contributed by atoms with van der Waals surface area (Å²) in [6, 6.07) is 11.0. The third-order valence-electron chi connectivity index (χ3n) is 3.17. The summed E-state index contributed by atoms with van der Waals surface area (Å²) in [6.45, 7) is 5.25. The maximum Gasteiger partial charge on any atom is 0.0593 e. The maximum atomic E-state index is 3.98. The Hall–Kier alpha value is -1.74. The van der Waals surface area contributed by atoms with E-state index in [1.165, 1.54) is 17.5 Å². The Morgan fingerprint density at radius 1 is 1.11 bits per heavy atom. The third kappa shape index (κ3) is 3.61. The van der Waals surface area contributed by atoms with Crippen LogP contribution < -0.4 is 5.32 Å². The van der Waals surface area contributed by atoms with E-state index in [1.54, 1.807) is 6.20 Å². The molecule has 1 atom stereocenters. The Kier molecular flexibility index (Phi) is 5.04. The first-order chi connectivity index (χ1) is 9.35. The van der Waals surface area contributed by atoms with E-state index in [9.17, 15) is 0 Å². The molecule has 0 fully saturated rings. The Morgan fingerprint density at radius 3 is 2.68 bits per heavy atom. The lowest BCUT2D eigenvalue weighted by molar-refractivity contribution is 0.625. The first-order valence-corrected chi connectivity index (χ1v) is 6.94. The predicted molar refractivity (Wildman–Crippen MR) is 78.0 cm³/mol. The van der Waals surface area contributed by atoms with E-state index >= 15 is 0 Å². The van der Waals surface area contributed by atoms with Crippen LogP contribution in [0, 0.1) is 0 Å². The minimum atomic E-state index is 0.192. The van der Waals surface area contributed by atoms with Gasteiger partial charge < -0.3 is 5.32 Å². The van der Waals surface area contributed by atoms with Gasteiger partial charge in [0.1, 0.15) is 0 Å². The topological polar surface area (TPSA) is 37.8 Å². The SMILES string of the molecule is CCCc1cccc(C(NCC)c2ccnnc2)c1. The number of hydrogen-bond donors (Lipinski definition) is 1. The van der Waals surface area contributed by atoms with Crippen molar-refractivity contribution in [2.24, 2.45) is 0 Å². The average Bonchev–Trinajstić information content (AvgIpc) is 2.46. The van der Waals surface area contributed by atoms with Crippen LogP contribution in [0.25, 0.3) is 0 Å². The fourth-order valence-electron chi connectivity index (χ4n) is 2.32. The summed E-state index contributed by atoms with van der Waals surface area (Å²) in [5.41, 5.74) is 3.84. The molecular weight excluding hydrogens is 234 g/mol. The summed E-state index contributed by atoms with van der Waals surface area (Å²) in [5, 5.41) is 11.3. The predicted octanol–water partition coefficient (Wildman–Crippen LogP) is 3.13. The quantitative estimate of drug-likeness (QED) is 0.861. The van der Waals surface area contributed by atoms with E-state index in [2.05, 4.69) is 53.6 Å². The van der Waals surface area contributed by atoms with Gasteiger partial charge in [-0.2, -0.15) is 10.2 Å². The number of hydrogen-bond acceptors (Lipinski definition) is 3. The summed E-state index contributed by atoms with van der Waals surface area (Å²) in [4.78, 5) is 0. The Balaban J connectivity index is 2.31. The number of nitrogens with zero attached hydrogens (tertiary/aromatic N) is 2. The molecular formula is C16H21N3. The third-order valence-corrected chi connectivity index (χ3v) is 3.17. The van der Waals surface area contributed by atoms with Crippen molar-refractivity contribution in [2.75, 3.05) is 6.54 Å². The van der Waals surface area contributed by atoms with Crippen molar-refractivity contribution in [3.05, 3.63) is 59.4 Å². The summed E-state index contributed by atoms with van der Waals surface area (Å²) in [5.74, 6) is 0. The lowest BCUT2D eigenvalue weighted by atomic mass is 9.97. The maximum absolute atomic E-state index is 3.98. The number of nitrogens with one attached hydrogen (secondary N) is 1. The van der Waals surface area contributed by atoms with E-state index in [1.807, 2.05) is 12.3 Å². The Morgan fingerprint density at radius 2 is 2.00 bits per heavy atom. The van der Waals surface area contributed by atoms with E-state index in [-0.39, 0.29) is 6.04 Å². The van der Waals surface area contributed by atoms with Gasteiger partial charge in [-0.3, -0.25) is 0 Å². The molecule has 1 unspecified atom stereocenters. The van der Waals surface area contributed by atoms with Crippen molar-refractivity contribution in [1.29, 1.82) is 0 Å². The molecule has 1 aromatic heterocycles. The van der Waals surface area contributed by atoms with Crippen LogP contribution in [0.15, 0.2) is 42.7 Å². The van der Waals surface area contributed by atoms with Crippen LogP contribution in [0.4, 0.5) is 0 Å². The molecule has 0 aliphatic rings. The van der Waals surface area contributed by atoms with E-state index < -0.39 is 0 Å². The molecule has 1 heterocycles. The highest BCUT2D eigenvalue weighted by molar-refractivity contribution is 5.32. The monoisotopic (exact) mass is 255 g/mol. The number of benzene rings is 1. The Bertz CT molecular complexity index is 496. The largest absolute Gasteiger partial charge is 0.306 e. The molecule has 0 amide bonds. The van der Waals surface area contributed by atoms with Crippen LogP contribution in [-0.2, 0) is 6.42 Å². The van der Waals surface area contributed by atoms with E-state index in [4.69, 9.17) is 0 Å². The fourth-order valence-corrected chi connectivity index (χ4v) is 2.32. The normalized spacial score (nSPS) is 12.3. The smallest absolute Gasteiger partial charge is 0.0593 e. The first-order valence-electron chi connectivity index (χ1n) is 6.94. The second kappa shape index (κ2) is 7.00. The number of aromatic nitrogens is 2. The van der Waals surface area contributed by atoms with Crippen molar-refractivity contribution in [1.82, 2.24) is 15.5 Å². The highest BCUT2D eigenvalue weighted by Gasteiger charge is 2.13. The molecule has 0 aliphatic carbocycles. The van der Waals surface area contributed by atoms with Gasteiger partial charge in [0.25, 0.3) is 0 Å². The molecule has 2 rings (SSSR count). The molecule has 0 saturated heterocycles. The molecule has 1 aromatic carbocycles. The van der Waals surface area contributed by atoms with Gasteiger partial charge >= 0.3 is 0 Å². The minimum absolute atomic E-state index is 0.192. The molecule has 0 radical (unpaired) electrons. The molecule has 2 aromatic rings. The van der Waals surface area contributed by atoms with Crippen molar-refractivity contribution in [2.45, 2.75) is 32.7 Å². The molecule has 3 heteroatoms. The van der Waals surface area contributed by atoms with Gasteiger partial charge in [0.2, 0.25) is 0 Å². The summed E-state index contributed by atoms with van der Waals surface area (Å²) < 4.78 is 0. The van der Waals surface area contributed by atoms with Gasteiger partial charge in [-0.15, -0.1) is 0 Å². The standard InChI is InChI=1S/C16H21N3/c1-3-6-13-7-5-8-14(11-13)16(17-4-2)15-9-10-18-19-12-15/h5,7-12,16-17H,3-4,6H2,1-2H3. The van der Waals surface area contributed by atoms with Crippen LogP contribution in [-0.4, -0.2) is 16.7 Å². The van der Waals surface area contributed by atoms with Crippen molar-refractivity contribution in [3.8, 4) is 0 Å². The van der Waals surface area contributed by atoms with Crippen LogP contribution >= 0.6 is 0 Å². The summed E-state index contributed by atoms with van der Waals surface area (Å²) in [6.07, 6.45) is 5.88. The van der Waals surface area contributed by atoms with Crippen LogP contribution in [0.2, 0.25) is 0 Å². The molecule has 0 aliphatic heterocycles. The van der Waals surface area contributed by atoms with Crippen LogP contribution in [0.3, 0.4) is 0 Å². The highest BCUT2D eigenvalue weighted by atomic mass is 15.1. The second-order valence-corrected chi connectivity index (χ2v) is 4.66. The molecule has 19 heavy (non-hydrogen) atoms. The van der Waals surface area contributed by atoms with E-state index in [0.29, 0.717) is 0 Å². The zero-order chi connectivity index (χ0) is 13.5.